The van der Waals surface area contributed by atoms with Gasteiger partial charge in [-0.05, 0) is 71.5 Å². The first-order valence-electron chi connectivity index (χ1n) is 22.4. The van der Waals surface area contributed by atoms with E-state index in [9.17, 15) is 0 Å². The highest BCUT2D eigenvalue weighted by atomic mass is 32.1. The number of hydrogen-bond donors (Lipinski definition) is 0. The van der Waals surface area contributed by atoms with Gasteiger partial charge in [0.15, 0.2) is 23.3 Å². The SMILES string of the molecule is C=C1CC2C(CCc3ccc4c(sc5ccccc54)c3-c3n1c1ccc4ccccc4c1[n+]3-c1c(C(C)C)cccc1C(C)C)c1ccccc1-c1ccc([Si](C)(C)C)c[n+]12. The lowest BCUT2D eigenvalue weighted by Gasteiger charge is -2.32. The van der Waals surface area contributed by atoms with Crippen LogP contribution in [0.15, 0.2) is 140 Å². The summed E-state index contributed by atoms with van der Waals surface area (Å²) in [7, 11) is -1.62. The van der Waals surface area contributed by atoms with Gasteiger partial charge in [-0.3, -0.25) is 0 Å². The number of thiophene rings is 1. The molecule has 11 rings (SSSR count). The van der Waals surface area contributed by atoms with Gasteiger partial charge in [0, 0.05) is 54.7 Å². The van der Waals surface area contributed by atoms with Gasteiger partial charge in [-0.15, -0.1) is 11.3 Å². The molecular formula is C56H55N3SSi+2. The Morgan fingerprint density at radius 3 is 2.21 bits per heavy atom. The molecule has 2 aliphatic rings. The predicted octanol–water partition coefficient (Wildman–Crippen LogP) is 14.0. The van der Waals surface area contributed by atoms with E-state index >= 15 is 0 Å². The zero-order valence-electron chi connectivity index (χ0n) is 36.6. The molecule has 3 nitrogen and oxygen atoms in total. The fraction of sp³-hybridized carbons (Fsp3) is 0.250. The Morgan fingerprint density at radius 1 is 0.721 bits per heavy atom. The van der Waals surface area contributed by atoms with Gasteiger partial charge in [-0.2, -0.15) is 13.7 Å². The van der Waals surface area contributed by atoms with Crippen LogP contribution in [0.5, 0.6) is 0 Å². The van der Waals surface area contributed by atoms with Crippen molar-refractivity contribution in [1.82, 2.24) is 4.57 Å². The molecule has 0 amide bonds. The minimum atomic E-state index is -1.62. The van der Waals surface area contributed by atoms with E-state index in [4.69, 9.17) is 6.58 Å². The third kappa shape index (κ3) is 5.87. The number of aryl methyl sites for hydroxylation is 1. The Balaban J connectivity index is 1.31. The van der Waals surface area contributed by atoms with Gasteiger partial charge in [0.05, 0.1) is 24.8 Å². The van der Waals surface area contributed by atoms with Crippen molar-refractivity contribution in [1.29, 1.82) is 0 Å². The number of para-hydroxylation sites is 1. The van der Waals surface area contributed by atoms with Gasteiger partial charge in [0.1, 0.15) is 11.4 Å². The van der Waals surface area contributed by atoms with E-state index in [0.717, 1.165) is 25.0 Å². The highest BCUT2D eigenvalue weighted by Gasteiger charge is 2.45. The summed E-state index contributed by atoms with van der Waals surface area (Å²) in [6, 6.07) is 49.0. The summed E-state index contributed by atoms with van der Waals surface area (Å²) >= 11 is 1.96. The van der Waals surface area contributed by atoms with Gasteiger partial charge in [-0.25, -0.2) is 0 Å². The van der Waals surface area contributed by atoms with E-state index in [1.54, 1.807) is 0 Å². The van der Waals surface area contributed by atoms with Gasteiger partial charge in [0.25, 0.3) is 0 Å². The second-order valence-corrected chi connectivity index (χ2v) is 25.5. The standard InChI is InChI=1S/C56H55N3SSi/c1-34(2)40-21-15-22-41(35(3)4)53(40)59-54-42-17-10-9-16-37(42)26-30-49(54)58-36(5)32-50-45(43-18-11-12-19-44(43)48-31-27-39(33-57(48)50)61(6,7)8)28-24-38-25-29-47-46-20-13-14-23-51(46)60-55(47)52(38)56(58)59/h9-23,25-27,29-31,33-35,45,50H,5,24,28,32H2,1-4,6-8H3/q+2. The molecule has 2 unspecified atom stereocenters. The Morgan fingerprint density at radius 2 is 1.44 bits per heavy atom. The molecule has 0 fully saturated rings. The second kappa shape index (κ2) is 14.2. The minimum absolute atomic E-state index is 0.205. The van der Waals surface area contributed by atoms with Gasteiger partial charge in [0.2, 0.25) is 5.69 Å². The molecule has 6 aromatic carbocycles. The topological polar surface area (TPSA) is 12.7 Å². The predicted molar refractivity (Wildman–Crippen MR) is 263 cm³/mol. The highest BCUT2D eigenvalue weighted by Crippen LogP contribution is 2.49. The van der Waals surface area contributed by atoms with E-state index < -0.39 is 8.07 Å². The smallest absolute Gasteiger partial charge is 0.195 e. The van der Waals surface area contributed by atoms with Crippen LogP contribution in [0.1, 0.15) is 86.6 Å². The first-order chi connectivity index (χ1) is 29.5. The molecule has 0 bridgehead atoms. The third-order valence-corrected chi connectivity index (χ3v) is 17.2. The average molecular weight is 830 g/mol. The van der Waals surface area contributed by atoms with Crippen LogP contribution < -0.4 is 14.3 Å². The number of aromatic nitrogens is 3. The van der Waals surface area contributed by atoms with Crippen molar-refractivity contribution in [2.75, 3.05) is 0 Å². The molecule has 302 valence electrons. The van der Waals surface area contributed by atoms with Crippen molar-refractivity contribution < 1.29 is 9.13 Å². The Labute approximate surface area is 365 Å². The lowest BCUT2D eigenvalue weighted by Crippen LogP contribution is -2.52. The summed E-state index contributed by atoms with van der Waals surface area (Å²) in [5, 5.41) is 6.69. The van der Waals surface area contributed by atoms with Crippen LogP contribution in [0.2, 0.25) is 19.6 Å². The Bertz CT molecular complexity index is 3240. The first kappa shape index (κ1) is 38.3. The lowest BCUT2D eigenvalue weighted by molar-refractivity contribution is -0.716. The molecule has 61 heavy (non-hydrogen) atoms. The number of pyridine rings is 1. The molecule has 3 aromatic heterocycles. The fourth-order valence-electron chi connectivity index (χ4n) is 10.9. The van der Waals surface area contributed by atoms with E-state index in [2.05, 4.69) is 195 Å². The van der Waals surface area contributed by atoms with Crippen LogP contribution in [-0.2, 0) is 6.42 Å². The Kier molecular flexibility index (Phi) is 8.93. The molecule has 9 aromatic rings. The van der Waals surface area contributed by atoms with Crippen LogP contribution >= 0.6 is 11.3 Å². The molecule has 0 saturated heterocycles. The van der Waals surface area contributed by atoms with Crippen LogP contribution in [0, 0.1) is 0 Å². The molecule has 0 aliphatic carbocycles. The second-order valence-electron chi connectivity index (χ2n) is 19.3. The van der Waals surface area contributed by atoms with Crippen LogP contribution in [0.3, 0.4) is 0 Å². The number of imidazole rings is 1. The number of fused-ring (bicyclic) bond motifs is 17. The zero-order chi connectivity index (χ0) is 41.9. The number of rotatable bonds is 4. The Hall–Kier alpha value is -5.62. The number of hydrogen-bond acceptors (Lipinski definition) is 1. The lowest BCUT2D eigenvalue weighted by atomic mass is 9.77. The van der Waals surface area contributed by atoms with Crippen molar-refractivity contribution in [2.45, 2.75) is 90.4 Å². The van der Waals surface area contributed by atoms with Gasteiger partial charge in [-0.1, -0.05) is 145 Å². The van der Waals surface area contributed by atoms with Crippen LogP contribution in [0.25, 0.3) is 76.0 Å². The molecular weight excluding hydrogens is 775 g/mol. The minimum Gasteiger partial charge on any atom is -0.195 e. The maximum Gasteiger partial charge on any atom is 0.301 e. The highest BCUT2D eigenvalue weighted by molar-refractivity contribution is 7.26. The summed E-state index contributed by atoms with van der Waals surface area (Å²) in [5.41, 5.74) is 14.6. The van der Waals surface area contributed by atoms with Gasteiger partial charge >= 0.3 is 5.82 Å². The molecule has 0 N–H and O–H groups in total. The van der Waals surface area contributed by atoms with Crippen LogP contribution in [0.4, 0.5) is 0 Å². The van der Waals surface area contributed by atoms with Gasteiger partial charge < -0.3 is 0 Å². The first-order valence-corrected chi connectivity index (χ1v) is 26.7. The summed E-state index contributed by atoms with van der Waals surface area (Å²) in [6.45, 7) is 22.1. The monoisotopic (exact) mass is 829 g/mol. The molecule has 5 heteroatoms. The summed E-state index contributed by atoms with van der Waals surface area (Å²) in [5.74, 6) is 2.19. The van der Waals surface area contributed by atoms with E-state index in [1.165, 1.54) is 97.8 Å². The molecule has 0 radical (unpaired) electrons. The van der Waals surface area contributed by atoms with E-state index in [0.29, 0.717) is 17.8 Å². The average Bonchev–Trinajstić information content (AvgIpc) is 3.81. The van der Waals surface area contributed by atoms with Crippen molar-refractivity contribution in [3.05, 3.63) is 162 Å². The fourth-order valence-corrected chi connectivity index (χ4v) is 13.3. The summed E-state index contributed by atoms with van der Waals surface area (Å²) < 4.78 is 10.7. The molecule has 2 aliphatic heterocycles. The largest absolute Gasteiger partial charge is 0.301 e. The maximum absolute atomic E-state index is 5.22. The van der Waals surface area contributed by atoms with E-state index in [-0.39, 0.29) is 6.04 Å². The van der Waals surface area contributed by atoms with Crippen molar-refractivity contribution >= 4 is 72.3 Å². The molecule has 5 heterocycles. The zero-order valence-corrected chi connectivity index (χ0v) is 38.4. The number of nitrogens with zero attached hydrogens (tertiary/aromatic N) is 3. The molecule has 0 saturated carbocycles. The van der Waals surface area contributed by atoms with Crippen molar-refractivity contribution in [2.24, 2.45) is 0 Å². The number of benzene rings is 6. The normalized spacial score (nSPS) is 16.6. The molecule has 0 spiro atoms. The quantitative estimate of drug-likeness (QED) is 0.124. The summed E-state index contributed by atoms with van der Waals surface area (Å²) in [6.07, 6.45) is 5.39. The molecule has 2 atom stereocenters. The summed E-state index contributed by atoms with van der Waals surface area (Å²) in [4.78, 5) is 0. The number of allylic oxidation sites excluding steroid dienone is 1. The van der Waals surface area contributed by atoms with E-state index in [1.807, 2.05) is 11.3 Å². The van der Waals surface area contributed by atoms with Crippen molar-refractivity contribution in [3.63, 3.8) is 0 Å². The van der Waals surface area contributed by atoms with Crippen molar-refractivity contribution in [3.8, 4) is 28.3 Å². The maximum atomic E-state index is 5.22. The third-order valence-electron chi connectivity index (χ3n) is 14.0. The van der Waals surface area contributed by atoms with Crippen LogP contribution in [-0.4, -0.2) is 12.6 Å².